The van der Waals surface area contributed by atoms with Crippen LogP contribution in [0.15, 0.2) is 0 Å². The molecule has 0 aromatic rings. The van der Waals surface area contributed by atoms with Crippen molar-refractivity contribution in [3.05, 3.63) is 0 Å². The van der Waals surface area contributed by atoms with Gasteiger partial charge in [0.15, 0.2) is 0 Å². The van der Waals surface area contributed by atoms with Crippen LogP contribution >= 0.6 is 0 Å². The van der Waals surface area contributed by atoms with Crippen molar-refractivity contribution in [1.29, 1.82) is 0 Å². The molecule has 0 bridgehead atoms. The average Bonchev–Trinajstić information content (AvgIpc) is 2.12. The van der Waals surface area contributed by atoms with Gasteiger partial charge in [0, 0.05) is 7.05 Å². The van der Waals surface area contributed by atoms with Gasteiger partial charge in [0.2, 0.25) is 5.91 Å². The molecule has 0 saturated carbocycles. The van der Waals surface area contributed by atoms with Crippen LogP contribution in [-0.4, -0.2) is 60.8 Å². The molecule has 0 aliphatic rings. The molecule has 0 heterocycles. The van der Waals surface area contributed by atoms with E-state index in [0.717, 1.165) is 0 Å². The van der Waals surface area contributed by atoms with Gasteiger partial charge in [-0.2, -0.15) is 13.2 Å². The van der Waals surface area contributed by atoms with Crippen LogP contribution in [0.1, 0.15) is 0 Å². The highest BCUT2D eigenvalue weighted by molar-refractivity contribution is 5.95. The number of urea groups is 1. The van der Waals surface area contributed by atoms with E-state index in [-0.39, 0.29) is 0 Å². The first-order valence-electron chi connectivity index (χ1n) is 4.66. The van der Waals surface area contributed by atoms with Crippen molar-refractivity contribution in [2.75, 3.05) is 26.7 Å². The van der Waals surface area contributed by atoms with Gasteiger partial charge in [-0.3, -0.25) is 19.8 Å². The summed E-state index contributed by atoms with van der Waals surface area (Å²) in [5.74, 6) is -2.54. The van der Waals surface area contributed by atoms with E-state index < -0.39 is 43.7 Å². The molecule has 0 unspecified atom stereocenters. The van der Waals surface area contributed by atoms with Gasteiger partial charge in [0.25, 0.3) is 0 Å². The van der Waals surface area contributed by atoms with Gasteiger partial charge in [-0.1, -0.05) is 0 Å². The van der Waals surface area contributed by atoms with E-state index in [0.29, 0.717) is 4.90 Å². The molecular weight excluding hydrogens is 259 g/mol. The molecule has 0 aliphatic heterocycles. The van der Waals surface area contributed by atoms with Crippen molar-refractivity contribution >= 4 is 17.9 Å². The number of alkyl halides is 3. The van der Waals surface area contributed by atoms with Gasteiger partial charge in [-0.25, -0.2) is 4.79 Å². The number of hydrogen-bond acceptors (Lipinski definition) is 4. The Morgan fingerprint density at radius 1 is 1.22 bits per heavy atom. The molecule has 0 rings (SSSR count). The fourth-order valence-electron chi connectivity index (χ4n) is 1.04. The second-order valence-electron chi connectivity index (χ2n) is 3.28. The Morgan fingerprint density at radius 2 is 1.78 bits per heavy atom. The summed E-state index contributed by atoms with van der Waals surface area (Å²) in [6.07, 6.45) is -4.64. The van der Waals surface area contributed by atoms with Gasteiger partial charge >= 0.3 is 18.2 Å². The minimum Gasteiger partial charge on any atom is -0.480 e. The number of halogens is 3. The molecule has 0 fully saturated rings. The fourth-order valence-corrected chi connectivity index (χ4v) is 1.04. The number of imide groups is 1. The minimum atomic E-state index is -4.64. The first-order chi connectivity index (χ1) is 8.14. The molecule has 3 amide bonds. The van der Waals surface area contributed by atoms with Gasteiger partial charge in [-0.15, -0.1) is 0 Å². The van der Waals surface area contributed by atoms with Crippen molar-refractivity contribution in [3.63, 3.8) is 0 Å². The molecule has 104 valence electrons. The number of carboxylic acid groups (broad SMARTS) is 1. The molecule has 0 aliphatic carbocycles. The summed E-state index contributed by atoms with van der Waals surface area (Å²) in [6, 6.07) is -0.887. The second kappa shape index (κ2) is 6.79. The maximum atomic E-state index is 12.1. The zero-order valence-electron chi connectivity index (χ0n) is 9.37. The molecule has 0 aromatic heterocycles. The molecule has 0 aromatic carbocycles. The monoisotopic (exact) mass is 271 g/mol. The summed E-state index contributed by atoms with van der Waals surface area (Å²) in [7, 11) is 1.22. The van der Waals surface area contributed by atoms with E-state index >= 15 is 0 Å². The normalized spacial score (nSPS) is 11.2. The standard InChI is InChI=1S/C8H12F3N3O4/c1-12-7(18)13-5(15)2-14(3-6(16)17)4-8(9,10)11/h2-4H2,1H3,(H,16,17)(H2,12,13,15,18). The average molecular weight is 271 g/mol. The Balaban J connectivity index is 4.44. The third kappa shape index (κ3) is 8.33. The molecule has 7 nitrogen and oxygen atoms in total. The van der Waals surface area contributed by atoms with E-state index in [4.69, 9.17) is 5.11 Å². The number of rotatable bonds is 5. The third-order valence-corrected chi connectivity index (χ3v) is 1.61. The SMILES string of the molecule is CNC(=O)NC(=O)CN(CC(=O)O)CC(F)(F)F. The zero-order valence-corrected chi connectivity index (χ0v) is 9.37. The van der Waals surface area contributed by atoms with E-state index in [1.807, 2.05) is 5.32 Å². The van der Waals surface area contributed by atoms with Crippen LogP contribution in [0.25, 0.3) is 0 Å². The Kier molecular flexibility index (Phi) is 6.09. The zero-order chi connectivity index (χ0) is 14.3. The van der Waals surface area contributed by atoms with E-state index in [1.54, 1.807) is 5.32 Å². The summed E-state index contributed by atoms with van der Waals surface area (Å²) < 4.78 is 36.3. The number of nitrogens with zero attached hydrogens (tertiary/aromatic N) is 1. The maximum Gasteiger partial charge on any atom is 0.401 e. The van der Waals surface area contributed by atoms with Crippen molar-refractivity contribution in [1.82, 2.24) is 15.5 Å². The smallest absolute Gasteiger partial charge is 0.401 e. The first-order valence-corrected chi connectivity index (χ1v) is 4.66. The van der Waals surface area contributed by atoms with Crippen molar-refractivity contribution < 1.29 is 32.7 Å². The summed E-state index contributed by atoms with van der Waals surface area (Å²) in [5, 5.41) is 12.2. The molecule has 0 radical (unpaired) electrons. The molecule has 0 spiro atoms. The predicted octanol–water partition coefficient (Wildman–Crippen LogP) is -0.609. The van der Waals surface area contributed by atoms with Crippen LogP contribution in [0.5, 0.6) is 0 Å². The Hall–Kier alpha value is -1.84. The van der Waals surface area contributed by atoms with Crippen molar-refractivity contribution in [2.24, 2.45) is 0 Å². The van der Waals surface area contributed by atoms with Crippen LogP contribution < -0.4 is 10.6 Å². The number of carboxylic acids is 1. The maximum absolute atomic E-state index is 12.1. The van der Waals surface area contributed by atoms with Crippen LogP contribution in [-0.2, 0) is 9.59 Å². The highest BCUT2D eigenvalue weighted by Crippen LogP contribution is 2.16. The van der Waals surface area contributed by atoms with Crippen LogP contribution in [0.3, 0.4) is 0 Å². The van der Waals surface area contributed by atoms with Crippen LogP contribution in [0, 0.1) is 0 Å². The van der Waals surface area contributed by atoms with Gasteiger partial charge in [-0.05, 0) is 0 Å². The molecular formula is C8H12F3N3O4. The highest BCUT2D eigenvalue weighted by Gasteiger charge is 2.32. The van der Waals surface area contributed by atoms with Crippen molar-refractivity contribution in [3.8, 4) is 0 Å². The number of amides is 3. The Morgan fingerprint density at radius 3 is 2.17 bits per heavy atom. The lowest BCUT2D eigenvalue weighted by Crippen LogP contribution is -2.47. The van der Waals surface area contributed by atoms with Gasteiger partial charge in [0.1, 0.15) is 0 Å². The number of aliphatic carboxylic acids is 1. The van der Waals surface area contributed by atoms with Crippen LogP contribution in [0.2, 0.25) is 0 Å². The van der Waals surface area contributed by atoms with E-state index in [9.17, 15) is 27.6 Å². The Bertz CT molecular complexity index is 332. The van der Waals surface area contributed by atoms with Gasteiger partial charge in [0.05, 0.1) is 19.6 Å². The lowest BCUT2D eigenvalue weighted by atomic mass is 10.4. The molecule has 18 heavy (non-hydrogen) atoms. The summed E-state index contributed by atoms with van der Waals surface area (Å²) in [6.45, 7) is -3.36. The fraction of sp³-hybridized carbons (Fsp3) is 0.625. The van der Waals surface area contributed by atoms with Gasteiger partial charge < -0.3 is 10.4 Å². The molecule has 0 atom stereocenters. The summed E-state index contributed by atoms with van der Waals surface area (Å²) >= 11 is 0. The second-order valence-corrected chi connectivity index (χ2v) is 3.28. The summed E-state index contributed by atoms with van der Waals surface area (Å²) in [4.78, 5) is 32.5. The predicted molar refractivity (Wildman–Crippen MR) is 52.7 cm³/mol. The minimum absolute atomic E-state index is 0.362. The van der Waals surface area contributed by atoms with E-state index in [1.165, 1.54) is 7.05 Å². The third-order valence-electron chi connectivity index (χ3n) is 1.61. The van der Waals surface area contributed by atoms with E-state index in [2.05, 4.69) is 0 Å². The first kappa shape index (κ1) is 16.2. The Labute approximate surface area is 99.9 Å². The van der Waals surface area contributed by atoms with Crippen LogP contribution in [0.4, 0.5) is 18.0 Å². The largest absolute Gasteiger partial charge is 0.480 e. The molecule has 3 N–H and O–H groups in total. The number of nitrogens with one attached hydrogen (secondary N) is 2. The van der Waals surface area contributed by atoms with Crippen molar-refractivity contribution in [2.45, 2.75) is 6.18 Å². The topological polar surface area (TPSA) is 98.7 Å². The lowest BCUT2D eigenvalue weighted by Gasteiger charge is -2.20. The lowest BCUT2D eigenvalue weighted by molar-refractivity contribution is -0.155. The molecule has 0 saturated heterocycles. The number of hydrogen-bond donors (Lipinski definition) is 3. The number of carbonyl (C=O) groups is 3. The highest BCUT2D eigenvalue weighted by atomic mass is 19.4. The number of carbonyl (C=O) groups excluding carboxylic acids is 2. The quantitative estimate of drug-likeness (QED) is 0.619. The summed E-state index contributed by atoms with van der Waals surface area (Å²) in [5.41, 5.74) is 0. The molecule has 10 heteroatoms.